The van der Waals surface area contributed by atoms with Crippen molar-refractivity contribution >= 4 is 5.78 Å². The Morgan fingerprint density at radius 3 is 2.57 bits per heavy atom. The number of aromatic amines is 1. The van der Waals surface area contributed by atoms with Crippen LogP contribution in [0.15, 0.2) is 34.0 Å². The second kappa shape index (κ2) is 5.47. The Labute approximate surface area is 120 Å². The van der Waals surface area contributed by atoms with E-state index in [0.29, 0.717) is 11.1 Å². The van der Waals surface area contributed by atoms with Crippen LogP contribution in [0.2, 0.25) is 0 Å². The van der Waals surface area contributed by atoms with Gasteiger partial charge in [0, 0.05) is 6.20 Å². The average molecular weight is 290 g/mol. The van der Waals surface area contributed by atoms with Crippen molar-refractivity contribution in [2.75, 3.05) is 0 Å². The number of ketones is 1. The van der Waals surface area contributed by atoms with Crippen molar-refractivity contribution in [1.29, 1.82) is 0 Å². The fourth-order valence-electron chi connectivity index (χ4n) is 2.11. The Kier molecular flexibility index (Phi) is 3.88. The van der Waals surface area contributed by atoms with Gasteiger partial charge in [0.2, 0.25) is 0 Å². The molecule has 110 valence electrons. The Bertz CT molecular complexity index is 820. The molecule has 0 spiro atoms. The summed E-state index contributed by atoms with van der Waals surface area (Å²) >= 11 is 0. The summed E-state index contributed by atoms with van der Waals surface area (Å²) in [4.78, 5) is 37.9. The number of H-pyrrole nitrogens is 1. The molecule has 21 heavy (non-hydrogen) atoms. The van der Waals surface area contributed by atoms with Crippen molar-refractivity contribution < 1.29 is 9.18 Å². The lowest BCUT2D eigenvalue weighted by molar-refractivity contribution is 0.101. The van der Waals surface area contributed by atoms with Gasteiger partial charge in [-0.05, 0) is 38.0 Å². The number of carbonyl (C=O) groups excluding carboxylic acids is 1. The molecule has 2 rings (SSSR count). The summed E-state index contributed by atoms with van der Waals surface area (Å²) in [7, 11) is 0. The molecular formula is C15H15FN2O3. The van der Waals surface area contributed by atoms with E-state index in [0.717, 1.165) is 10.8 Å². The van der Waals surface area contributed by atoms with E-state index >= 15 is 0 Å². The maximum absolute atomic E-state index is 13.6. The molecule has 0 aliphatic rings. The first-order chi connectivity index (χ1) is 9.82. The zero-order valence-electron chi connectivity index (χ0n) is 11.9. The van der Waals surface area contributed by atoms with Crippen LogP contribution in [0.25, 0.3) is 0 Å². The number of hydrogen-bond acceptors (Lipinski definition) is 3. The average Bonchev–Trinajstić information content (AvgIpc) is 2.41. The van der Waals surface area contributed by atoms with Gasteiger partial charge in [-0.15, -0.1) is 0 Å². The van der Waals surface area contributed by atoms with Crippen molar-refractivity contribution in [3.05, 3.63) is 67.7 Å². The Morgan fingerprint density at radius 2 is 2.00 bits per heavy atom. The number of rotatable bonds is 3. The second-order valence-corrected chi connectivity index (χ2v) is 4.92. The number of nitrogens with zero attached hydrogens (tertiary/aromatic N) is 1. The Hall–Kier alpha value is -2.50. The number of carbonyl (C=O) groups is 1. The minimum Gasteiger partial charge on any atom is -0.313 e. The highest BCUT2D eigenvalue weighted by molar-refractivity contribution is 5.93. The van der Waals surface area contributed by atoms with E-state index in [9.17, 15) is 18.8 Å². The maximum atomic E-state index is 13.6. The largest absolute Gasteiger partial charge is 0.328 e. The number of aryl methyl sites for hydroxylation is 1. The molecule has 0 saturated carbocycles. The minimum atomic E-state index is -0.685. The van der Waals surface area contributed by atoms with E-state index in [1.54, 1.807) is 26.0 Å². The molecule has 0 fully saturated rings. The predicted octanol–water partition coefficient (Wildman–Crippen LogP) is 1.80. The molecule has 1 aromatic carbocycles. The first-order valence-electron chi connectivity index (χ1n) is 6.44. The molecule has 1 heterocycles. The van der Waals surface area contributed by atoms with E-state index in [4.69, 9.17) is 0 Å². The fourth-order valence-corrected chi connectivity index (χ4v) is 2.11. The van der Waals surface area contributed by atoms with E-state index < -0.39 is 28.9 Å². The quantitative estimate of drug-likeness (QED) is 0.876. The van der Waals surface area contributed by atoms with Crippen LogP contribution in [-0.2, 0) is 0 Å². The molecular weight excluding hydrogens is 275 g/mol. The van der Waals surface area contributed by atoms with Gasteiger partial charge in [0.1, 0.15) is 5.82 Å². The van der Waals surface area contributed by atoms with Gasteiger partial charge in [-0.1, -0.05) is 12.1 Å². The van der Waals surface area contributed by atoms with Gasteiger partial charge in [0.05, 0.1) is 11.6 Å². The number of nitrogens with one attached hydrogen (secondary N) is 1. The lowest BCUT2D eigenvalue weighted by Crippen LogP contribution is -2.39. The third kappa shape index (κ3) is 2.69. The molecule has 6 heteroatoms. The molecule has 1 unspecified atom stereocenters. The summed E-state index contributed by atoms with van der Waals surface area (Å²) in [6.07, 6.45) is 1.10. The monoisotopic (exact) mass is 290 g/mol. The number of hydrogen-bond donors (Lipinski definition) is 1. The van der Waals surface area contributed by atoms with Gasteiger partial charge in [-0.3, -0.25) is 14.2 Å². The fraction of sp³-hybridized carbons (Fsp3) is 0.267. The topological polar surface area (TPSA) is 71.9 Å². The first kappa shape index (κ1) is 14.9. The molecule has 0 amide bonds. The highest BCUT2D eigenvalue weighted by Gasteiger charge is 2.17. The molecule has 2 aromatic rings. The van der Waals surface area contributed by atoms with Gasteiger partial charge >= 0.3 is 5.69 Å². The van der Waals surface area contributed by atoms with Gasteiger partial charge in [-0.2, -0.15) is 0 Å². The van der Waals surface area contributed by atoms with Gasteiger partial charge < -0.3 is 4.98 Å². The van der Waals surface area contributed by atoms with Gasteiger partial charge in [0.15, 0.2) is 5.78 Å². The Balaban J connectivity index is 2.63. The molecule has 1 N–H and O–H groups in total. The summed E-state index contributed by atoms with van der Waals surface area (Å²) in [6, 6.07) is 3.83. The molecule has 0 aliphatic carbocycles. The highest BCUT2D eigenvalue weighted by Crippen LogP contribution is 2.18. The smallest absolute Gasteiger partial charge is 0.313 e. The lowest BCUT2D eigenvalue weighted by Gasteiger charge is -2.15. The zero-order valence-corrected chi connectivity index (χ0v) is 11.9. The standard InChI is InChI=1S/C15H15FN2O3/c1-8-4-5-11(6-13(8)16)9(2)18-14(20)12(10(3)19)7-17-15(18)21/h4-7,9H,1-3H3,(H,17,21). The number of Topliss-reactive ketones (excluding diaryl/α,β-unsaturated/α-hetero) is 1. The molecule has 0 radical (unpaired) electrons. The van der Waals surface area contributed by atoms with E-state index in [2.05, 4.69) is 4.98 Å². The predicted molar refractivity (Wildman–Crippen MR) is 76.3 cm³/mol. The van der Waals surface area contributed by atoms with Crippen LogP contribution in [0.3, 0.4) is 0 Å². The van der Waals surface area contributed by atoms with Crippen molar-refractivity contribution in [2.45, 2.75) is 26.8 Å². The van der Waals surface area contributed by atoms with Crippen LogP contribution in [0, 0.1) is 12.7 Å². The summed E-state index contributed by atoms with van der Waals surface area (Å²) in [5.74, 6) is -0.848. The van der Waals surface area contributed by atoms with Gasteiger partial charge in [0.25, 0.3) is 5.56 Å². The molecule has 0 saturated heterocycles. The molecule has 1 atom stereocenters. The van der Waals surface area contributed by atoms with Crippen LogP contribution in [0.1, 0.15) is 41.4 Å². The highest BCUT2D eigenvalue weighted by atomic mass is 19.1. The van der Waals surface area contributed by atoms with E-state index in [1.165, 1.54) is 13.0 Å². The minimum absolute atomic E-state index is 0.103. The summed E-state index contributed by atoms with van der Waals surface area (Å²) in [6.45, 7) is 4.47. The van der Waals surface area contributed by atoms with Crippen molar-refractivity contribution in [2.24, 2.45) is 0 Å². The van der Waals surface area contributed by atoms with Crippen LogP contribution in [-0.4, -0.2) is 15.3 Å². The molecule has 0 aliphatic heterocycles. The van der Waals surface area contributed by atoms with E-state index in [1.807, 2.05) is 0 Å². The zero-order chi connectivity index (χ0) is 15.7. The first-order valence-corrected chi connectivity index (χ1v) is 6.44. The van der Waals surface area contributed by atoms with Gasteiger partial charge in [-0.25, -0.2) is 9.18 Å². The second-order valence-electron chi connectivity index (χ2n) is 4.92. The van der Waals surface area contributed by atoms with Crippen LogP contribution in [0.4, 0.5) is 4.39 Å². The van der Waals surface area contributed by atoms with Crippen molar-refractivity contribution in [3.63, 3.8) is 0 Å². The summed E-state index contributed by atoms with van der Waals surface area (Å²) in [5, 5.41) is 0. The van der Waals surface area contributed by atoms with E-state index in [-0.39, 0.29) is 5.56 Å². The molecule has 5 nitrogen and oxygen atoms in total. The number of aromatic nitrogens is 2. The summed E-state index contributed by atoms with van der Waals surface area (Å²) < 4.78 is 14.6. The lowest BCUT2D eigenvalue weighted by atomic mass is 10.1. The van der Waals surface area contributed by atoms with Crippen molar-refractivity contribution in [3.8, 4) is 0 Å². The third-order valence-corrected chi connectivity index (χ3v) is 3.45. The van der Waals surface area contributed by atoms with Crippen LogP contribution < -0.4 is 11.2 Å². The molecule has 0 bridgehead atoms. The van der Waals surface area contributed by atoms with Crippen molar-refractivity contribution in [1.82, 2.24) is 9.55 Å². The summed E-state index contributed by atoms with van der Waals surface area (Å²) in [5.41, 5.74) is -0.469. The SMILES string of the molecule is CC(=O)c1c[nH]c(=O)n(C(C)c2ccc(C)c(F)c2)c1=O. The normalized spacial score (nSPS) is 12.2. The Morgan fingerprint density at radius 1 is 1.33 bits per heavy atom. The van der Waals surface area contributed by atoms with Crippen LogP contribution in [0.5, 0.6) is 0 Å². The maximum Gasteiger partial charge on any atom is 0.328 e. The number of benzene rings is 1. The van der Waals surface area contributed by atoms with Crippen LogP contribution >= 0.6 is 0 Å². The third-order valence-electron chi connectivity index (χ3n) is 3.45. The number of halogens is 1. The molecule has 1 aromatic heterocycles.